The molecule has 78 valence electrons. The van der Waals surface area contributed by atoms with Crippen LogP contribution >= 0.6 is 11.6 Å². The van der Waals surface area contributed by atoms with E-state index in [1.807, 2.05) is 25.1 Å². The van der Waals surface area contributed by atoms with Crippen LogP contribution in [0.25, 0.3) is 0 Å². The van der Waals surface area contributed by atoms with Crippen molar-refractivity contribution in [2.45, 2.75) is 13.8 Å². The van der Waals surface area contributed by atoms with Crippen molar-refractivity contribution in [2.24, 2.45) is 0 Å². The number of amides is 1. The minimum absolute atomic E-state index is 0.0726. The topological polar surface area (TPSA) is 29.1 Å². The summed E-state index contributed by atoms with van der Waals surface area (Å²) in [6.45, 7) is 3.77. The third kappa shape index (κ3) is 4.05. The van der Waals surface area contributed by atoms with Crippen molar-refractivity contribution in [3.05, 3.63) is 34.3 Å². The maximum Gasteiger partial charge on any atom is 0.217 e. The minimum atomic E-state index is -0.0726. The number of carbonyl (C=O) groups is 1. The molecule has 0 atom stereocenters. The zero-order valence-corrected chi connectivity index (χ0v) is 9.48. The number of hydrogen-bond acceptors (Lipinski definition) is 1. The van der Waals surface area contributed by atoms with Gasteiger partial charge in [-0.15, -0.1) is 0 Å². The van der Waals surface area contributed by atoms with Crippen LogP contribution < -0.4 is 5.32 Å². The van der Waals surface area contributed by atoms with Gasteiger partial charge in [0, 0.05) is 17.5 Å². The monoisotopic (exact) mass is 221 g/mol. The average molecular weight is 222 g/mol. The van der Waals surface area contributed by atoms with E-state index in [-0.39, 0.29) is 5.91 Å². The lowest BCUT2D eigenvalue weighted by atomic mass is 10.1. The van der Waals surface area contributed by atoms with Crippen LogP contribution in [0.4, 0.5) is 0 Å². The van der Waals surface area contributed by atoms with Gasteiger partial charge in [0.2, 0.25) is 5.91 Å². The van der Waals surface area contributed by atoms with Crippen LogP contribution in [0.2, 0.25) is 5.02 Å². The summed E-state index contributed by atoms with van der Waals surface area (Å²) in [6, 6.07) is 5.60. The molecule has 0 spiro atoms. The Hall–Kier alpha value is -1.46. The first kappa shape index (κ1) is 11.6. The minimum Gasteiger partial charge on any atom is -0.345 e. The molecule has 15 heavy (non-hydrogen) atoms. The molecule has 1 aromatic rings. The van der Waals surface area contributed by atoms with Crippen molar-refractivity contribution in [1.82, 2.24) is 5.32 Å². The first-order valence-electron chi connectivity index (χ1n) is 4.59. The molecule has 1 N–H and O–H groups in total. The van der Waals surface area contributed by atoms with Crippen LogP contribution in [0, 0.1) is 18.8 Å². The van der Waals surface area contributed by atoms with Crippen molar-refractivity contribution in [1.29, 1.82) is 0 Å². The van der Waals surface area contributed by atoms with E-state index >= 15 is 0 Å². The first-order chi connectivity index (χ1) is 7.09. The lowest BCUT2D eigenvalue weighted by Crippen LogP contribution is -2.19. The molecular weight excluding hydrogens is 210 g/mol. The number of halogens is 1. The van der Waals surface area contributed by atoms with E-state index in [1.54, 1.807) is 0 Å². The molecule has 0 saturated heterocycles. The van der Waals surface area contributed by atoms with Crippen LogP contribution in [0.5, 0.6) is 0 Å². The second-order valence-electron chi connectivity index (χ2n) is 3.18. The fourth-order valence-corrected chi connectivity index (χ4v) is 1.15. The highest BCUT2D eigenvalue weighted by molar-refractivity contribution is 6.31. The summed E-state index contributed by atoms with van der Waals surface area (Å²) in [5, 5.41) is 3.34. The lowest BCUT2D eigenvalue weighted by Gasteiger charge is -1.97. The highest BCUT2D eigenvalue weighted by atomic mass is 35.5. The van der Waals surface area contributed by atoms with Gasteiger partial charge >= 0.3 is 0 Å². The van der Waals surface area contributed by atoms with Gasteiger partial charge < -0.3 is 5.32 Å². The van der Waals surface area contributed by atoms with Crippen LogP contribution in [-0.4, -0.2) is 12.5 Å². The highest BCUT2D eigenvalue weighted by Crippen LogP contribution is 2.15. The Bertz CT molecular complexity index is 429. The Morgan fingerprint density at radius 3 is 2.87 bits per heavy atom. The van der Waals surface area contributed by atoms with Gasteiger partial charge in [-0.05, 0) is 30.7 Å². The molecule has 2 nitrogen and oxygen atoms in total. The summed E-state index contributed by atoms with van der Waals surface area (Å²) >= 11 is 5.88. The second-order valence-corrected chi connectivity index (χ2v) is 3.58. The van der Waals surface area contributed by atoms with E-state index in [0.29, 0.717) is 6.54 Å². The molecule has 0 aliphatic rings. The van der Waals surface area contributed by atoms with Crippen molar-refractivity contribution < 1.29 is 4.79 Å². The summed E-state index contributed by atoms with van der Waals surface area (Å²) in [5.41, 5.74) is 1.91. The molecule has 0 bridgehead atoms. The molecule has 0 heterocycles. The zero-order chi connectivity index (χ0) is 11.3. The first-order valence-corrected chi connectivity index (χ1v) is 4.97. The summed E-state index contributed by atoms with van der Waals surface area (Å²) in [7, 11) is 0. The van der Waals surface area contributed by atoms with E-state index < -0.39 is 0 Å². The van der Waals surface area contributed by atoms with Crippen molar-refractivity contribution in [3.63, 3.8) is 0 Å². The highest BCUT2D eigenvalue weighted by Gasteiger charge is 1.94. The predicted molar refractivity (Wildman–Crippen MR) is 61.8 cm³/mol. The number of rotatable bonds is 1. The van der Waals surface area contributed by atoms with Crippen molar-refractivity contribution >= 4 is 17.5 Å². The second kappa shape index (κ2) is 5.43. The maximum absolute atomic E-state index is 10.6. The van der Waals surface area contributed by atoms with E-state index in [2.05, 4.69) is 17.2 Å². The Morgan fingerprint density at radius 2 is 2.27 bits per heavy atom. The van der Waals surface area contributed by atoms with Gasteiger partial charge in [0.1, 0.15) is 0 Å². The molecule has 0 aliphatic heterocycles. The fraction of sp³-hybridized carbons (Fsp3) is 0.250. The van der Waals surface area contributed by atoms with Gasteiger partial charge in [0.05, 0.1) is 6.54 Å². The van der Waals surface area contributed by atoms with Crippen molar-refractivity contribution in [3.8, 4) is 11.8 Å². The Morgan fingerprint density at radius 1 is 1.53 bits per heavy atom. The van der Waals surface area contributed by atoms with Gasteiger partial charge in [-0.3, -0.25) is 4.79 Å². The van der Waals surface area contributed by atoms with E-state index in [1.165, 1.54) is 6.92 Å². The van der Waals surface area contributed by atoms with Gasteiger partial charge in [-0.25, -0.2) is 0 Å². The summed E-state index contributed by atoms with van der Waals surface area (Å²) in [5.74, 6) is 5.73. The Kier molecular flexibility index (Phi) is 4.20. The zero-order valence-electron chi connectivity index (χ0n) is 8.73. The molecule has 1 rings (SSSR count). The molecule has 0 radical (unpaired) electrons. The van der Waals surface area contributed by atoms with E-state index in [9.17, 15) is 4.79 Å². The largest absolute Gasteiger partial charge is 0.345 e. The molecule has 0 fully saturated rings. The quantitative estimate of drug-likeness (QED) is 0.724. The number of nitrogens with one attached hydrogen (secondary N) is 1. The molecule has 1 amide bonds. The van der Waals surface area contributed by atoms with Crippen LogP contribution in [0.15, 0.2) is 18.2 Å². The number of hydrogen-bond donors (Lipinski definition) is 1. The maximum atomic E-state index is 10.6. The lowest BCUT2D eigenvalue weighted by molar-refractivity contribution is -0.118. The van der Waals surface area contributed by atoms with Crippen LogP contribution in [0.3, 0.4) is 0 Å². The number of carbonyl (C=O) groups excluding carboxylic acids is 1. The molecule has 0 aliphatic carbocycles. The van der Waals surface area contributed by atoms with Crippen LogP contribution in [0.1, 0.15) is 18.1 Å². The van der Waals surface area contributed by atoms with Gasteiger partial charge in [0.15, 0.2) is 0 Å². The SMILES string of the molecule is CC(=O)NCC#Cc1ccc(Cl)c(C)c1. The molecule has 0 unspecified atom stereocenters. The third-order valence-corrected chi connectivity index (χ3v) is 2.24. The molecular formula is C12H12ClNO. The summed E-state index contributed by atoms with van der Waals surface area (Å²) < 4.78 is 0. The normalized spacial score (nSPS) is 9.00. The van der Waals surface area contributed by atoms with E-state index in [4.69, 9.17) is 11.6 Å². The Labute approximate surface area is 94.6 Å². The molecule has 3 heteroatoms. The fourth-order valence-electron chi connectivity index (χ4n) is 1.04. The Balaban J connectivity index is 2.64. The smallest absolute Gasteiger partial charge is 0.217 e. The predicted octanol–water partition coefficient (Wildman–Crippen LogP) is 2.14. The summed E-state index contributed by atoms with van der Waals surface area (Å²) in [4.78, 5) is 10.6. The van der Waals surface area contributed by atoms with Crippen molar-refractivity contribution in [2.75, 3.05) is 6.54 Å². The van der Waals surface area contributed by atoms with Gasteiger partial charge in [-0.2, -0.15) is 0 Å². The standard InChI is InChI=1S/C12H12ClNO/c1-9-8-11(5-6-12(9)13)4-3-7-14-10(2)15/h5-6,8H,7H2,1-2H3,(H,14,15). The van der Waals surface area contributed by atoms with Gasteiger partial charge in [0.25, 0.3) is 0 Å². The molecule has 0 saturated carbocycles. The number of benzene rings is 1. The number of aryl methyl sites for hydroxylation is 1. The van der Waals surface area contributed by atoms with Gasteiger partial charge in [-0.1, -0.05) is 23.4 Å². The average Bonchev–Trinajstić information content (AvgIpc) is 2.18. The molecule has 1 aromatic carbocycles. The summed E-state index contributed by atoms with van der Waals surface area (Å²) in [6.07, 6.45) is 0. The van der Waals surface area contributed by atoms with E-state index in [0.717, 1.165) is 16.1 Å². The van der Waals surface area contributed by atoms with Crippen LogP contribution in [-0.2, 0) is 4.79 Å². The molecule has 0 aromatic heterocycles. The third-order valence-electron chi connectivity index (χ3n) is 1.82.